The Kier molecular flexibility index (Phi) is 5.53. The van der Waals surface area contributed by atoms with Gasteiger partial charge in [-0.2, -0.15) is 5.10 Å². The van der Waals surface area contributed by atoms with E-state index in [2.05, 4.69) is 25.3 Å². The average Bonchev–Trinajstić information content (AvgIpc) is 3.25. The van der Waals surface area contributed by atoms with Crippen LogP contribution in [-0.4, -0.2) is 52.0 Å². The molecule has 1 aliphatic heterocycles. The first-order valence-corrected chi connectivity index (χ1v) is 9.74. The number of hydrogen-bond donors (Lipinski definition) is 1. The van der Waals surface area contributed by atoms with E-state index in [9.17, 15) is 4.79 Å². The summed E-state index contributed by atoms with van der Waals surface area (Å²) < 4.78 is 7.23. The largest absolute Gasteiger partial charge is 0.378 e. The maximum atomic E-state index is 12.9. The van der Waals surface area contributed by atoms with Crippen molar-refractivity contribution in [3.8, 4) is 11.3 Å². The van der Waals surface area contributed by atoms with Crippen molar-refractivity contribution in [3.05, 3.63) is 54.1 Å². The van der Waals surface area contributed by atoms with Crippen LogP contribution in [-0.2, 0) is 11.3 Å². The number of carbonyl (C=O) groups is 1. The van der Waals surface area contributed by atoms with Gasteiger partial charge in [-0.25, -0.2) is 9.97 Å². The smallest absolute Gasteiger partial charge is 0.274 e. The van der Waals surface area contributed by atoms with E-state index in [-0.39, 0.29) is 5.91 Å². The first kappa shape index (κ1) is 19.1. The molecule has 3 aromatic heterocycles. The average molecular weight is 392 g/mol. The van der Waals surface area contributed by atoms with E-state index in [0.29, 0.717) is 18.9 Å². The molecule has 4 rings (SSSR count). The van der Waals surface area contributed by atoms with Crippen LogP contribution in [0.1, 0.15) is 23.0 Å². The Hall–Kier alpha value is -3.26. The fraction of sp³-hybridized carbons (Fsp3) is 0.333. The molecule has 0 spiro atoms. The molecule has 0 unspecified atom stereocenters. The lowest BCUT2D eigenvalue weighted by Gasteiger charge is -2.28. The van der Waals surface area contributed by atoms with E-state index in [1.165, 1.54) is 0 Å². The Morgan fingerprint density at radius 2 is 2.07 bits per heavy atom. The van der Waals surface area contributed by atoms with Gasteiger partial charge < -0.3 is 15.0 Å². The maximum Gasteiger partial charge on any atom is 0.274 e. The molecule has 0 aliphatic carbocycles. The molecule has 1 N–H and O–H groups in total. The fourth-order valence-corrected chi connectivity index (χ4v) is 3.19. The Morgan fingerprint density at radius 1 is 1.24 bits per heavy atom. The van der Waals surface area contributed by atoms with Gasteiger partial charge in [-0.1, -0.05) is 6.07 Å². The second-order valence-electron chi connectivity index (χ2n) is 6.90. The number of morpholine rings is 1. The van der Waals surface area contributed by atoms with E-state index in [1.54, 1.807) is 18.5 Å². The molecule has 1 aliphatic rings. The number of carbonyl (C=O) groups excluding carboxylic acids is 1. The third-order valence-electron chi connectivity index (χ3n) is 4.91. The summed E-state index contributed by atoms with van der Waals surface area (Å²) in [5.74, 6) is 0.583. The van der Waals surface area contributed by atoms with E-state index < -0.39 is 0 Å². The van der Waals surface area contributed by atoms with Crippen LogP contribution in [0.3, 0.4) is 0 Å². The molecule has 1 saturated heterocycles. The van der Waals surface area contributed by atoms with Gasteiger partial charge in [-0.15, -0.1) is 0 Å². The minimum Gasteiger partial charge on any atom is -0.378 e. The minimum absolute atomic E-state index is 0.253. The highest BCUT2D eigenvalue weighted by Crippen LogP contribution is 2.22. The van der Waals surface area contributed by atoms with E-state index in [0.717, 1.165) is 48.0 Å². The standard InChI is InChI=1S/C21H24N6O2/c1-3-27-14-16(13-23-27)17-5-4-6-18(24-17)21(28)25-19-11-20(22-12-15(19)2)26-7-9-29-10-8-26/h4-6,11-14H,3,7-10H2,1-2H3,(H,22,25,28). The Balaban J connectivity index is 1.54. The van der Waals surface area contributed by atoms with Gasteiger partial charge in [0.1, 0.15) is 11.5 Å². The molecule has 1 fully saturated rings. The van der Waals surface area contributed by atoms with Crippen molar-refractivity contribution in [1.29, 1.82) is 0 Å². The van der Waals surface area contributed by atoms with Crippen molar-refractivity contribution in [3.63, 3.8) is 0 Å². The predicted octanol–water partition coefficient (Wildman–Crippen LogP) is 2.76. The van der Waals surface area contributed by atoms with E-state index >= 15 is 0 Å². The molecule has 1 amide bonds. The Bertz CT molecular complexity index is 1010. The van der Waals surface area contributed by atoms with Gasteiger partial charge in [-0.05, 0) is 31.5 Å². The lowest BCUT2D eigenvalue weighted by molar-refractivity contribution is 0.102. The van der Waals surface area contributed by atoms with Crippen LogP contribution >= 0.6 is 0 Å². The molecule has 150 valence electrons. The van der Waals surface area contributed by atoms with Crippen molar-refractivity contribution in [2.24, 2.45) is 0 Å². The van der Waals surface area contributed by atoms with Crippen molar-refractivity contribution < 1.29 is 9.53 Å². The van der Waals surface area contributed by atoms with Crippen LogP contribution in [0.5, 0.6) is 0 Å². The van der Waals surface area contributed by atoms with Gasteiger partial charge in [-0.3, -0.25) is 9.48 Å². The summed E-state index contributed by atoms with van der Waals surface area (Å²) in [6, 6.07) is 7.33. The number of ether oxygens (including phenoxy) is 1. The SMILES string of the molecule is CCn1cc(-c2cccc(C(=O)Nc3cc(N4CCOCC4)ncc3C)n2)cn1. The topological polar surface area (TPSA) is 85.2 Å². The summed E-state index contributed by atoms with van der Waals surface area (Å²) in [5, 5.41) is 7.26. The van der Waals surface area contributed by atoms with Crippen LogP contribution in [0.4, 0.5) is 11.5 Å². The van der Waals surface area contributed by atoms with Crippen molar-refractivity contribution >= 4 is 17.4 Å². The molecule has 3 aromatic rings. The van der Waals surface area contributed by atoms with Crippen LogP contribution in [0.25, 0.3) is 11.3 Å². The number of pyridine rings is 2. The molecule has 0 saturated carbocycles. The molecule has 8 nitrogen and oxygen atoms in total. The number of amides is 1. The zero-order valence-corrected chi connectivity index (χ0v) is 16.6. The number of nitrogens with one attached hydrogen (secondary N) is 1. The Labute approximate surface area is 169 Å². The van der Waals surface area contributed by atoms with Gasteiger partial charge >= 0.3 is 0 Å². The molecule has 0 atom stereocenters. The van der Waals surface area contributed by atoms with Crippen molar-refractivity contribution in [1.82, 2.24) is 19.7 Å². The molecule has 0 aromatic carbocycles. The number of aryl methyl sites for hydroxylation is 2. The highest BCUT2D eigenvalue weighted by atomic mass is 16.5. The van der Waals surface area contributed by atoms with Gasteiger partial charge in [0.25, 0.3) is 5.91 Å². The first-order valence-electron chi connectivity index (χ1n) is 9.74. The van der Waals surface area contributed by atoms with Gasteiger partial charge in [0.05, 0.1) is 25.1 Å². The molecule has 8 heteroatoms. The summed E-state index contributed by atoms with van der Waals surface area (Å²) in [6.07, 6.45) is 5.46. The first-order chi connectivity index (χ1) is 14.1. The number of aromatic nitrogens is 4. The zero-order valence-electron chi connectivity index (χ0n) is 16.6. The number of anilines is 2. The third-order valence-corrected chi connectivity index (χ3v) is 4.91. The van der Waals surface area contributed by atoms with Gasteiger partial charge in [0.2, 0.25) is 0 Å². The predicted molar refractivity (Wildman–Crippen MR) is 111 cm³/mol. The third kappa shape index (κ3) is 4.27. The molecule has 4 heterocycles. The second kappa shape index (κ2) is 8.40. The zero-order chi connectivity index (χ0) is 20.2. The van der Waals surface area contributed by atoms with E-state index in [1.807, 2.05) is 42.9 Å². The normalized spacial score (nSPS) is 14.1. The second-order valence-corrected chi connectivity index (χ2v) is 6.90. The minimum atomic E-state index is -0.253. The van der Waals surface area contributed by atoms with Crippen molar-refractivity contribution in [2.45, 2.75) is 20.4 Å². The summed E-state index contributed by atoms with van der Waals surface area (Å²) in [5.41, 5.74) is 3.60. The van der Waals surface area contributed by atoms with E-state index in [4.69, 9.17) is 4.74 Å². The Morgan fingerprint density at radius 3 is 2.83 bits per heavy atom. The number of hydrogen-bond acceptors (Lipinski definition) is 6. The van der Waals surface area contributed by atoms with Crippen LogP contribution in [0.15, 0.2) is 42.9 Å². The fourth-order valence-electron chi connectivity index (χ4n) is 3.19. The number of nitrogens with zero attached hydrogens (tertiary/aromatic N) is 5. The molecule has 0 radical (unpaired) electrons. The summed E-state index contributed by atoms with van der Waals surface area (Å²) >= 11 is 0. The quantitative estimate of drug-likeness (QED) is 0.719. The number of rotatable bonds is 5. The molecule has 29 heavy (non-hydrogen) atoms. The molecule has 0 bridgehead atoms. The molecular weight excluding hydrogens is 368 g/mol. The highest BCUT2D eigenvalue weighted by molar-refractivity contribution is 6.03. The summed E-state index contributed by atoms with van der Waals surface area (Å²) in [7, 11) is 0. The van der Waals surface area contributed by atoms with Gasteiger partial charge in [0, 0.05) is 49.3 Å². The highest BCUT2D eigenvalue weighted by Gasteiger charge is 2.16. The lowest BCUT2D eigenvalue weighted by atomic mass is 10.2. The monoisotopic (exact) mass is 392 g/mol. The molecular formula is C21H24N6O2. The van der Waals surface area contributed by atoms with Crippen LogP contribution in [0, 0.1) is 6.92 Å². The van der Waals surface area contributed by atoms with Crippen LogP contribution < -0.4 is 10.2 Å². The maximum absolute atomic E-state index is 12.9. The van der Waals surface area contributed by atoms with Gasteiger partial charge in [0.15, 0.2) is 0 Å². The van der Waals surface area contributed by atoms with Crippen LogP contribution in [0.2, 0.25) is 0 Å². The summed E-state index contributed by atoms with van der Waals surface area (Å²) in [6.45, 7) is 7.68. The lowest BCUT2D eigenvalue weighted by Crippen LogP contribution is -2.36. The van der Waals surface area contributed by atoms with Crippen molar-refractivity contribution in [2.75, 3.05) is 36.5 Å². The summed E-state index contributed by atoms with van der Waals surface area (Å²) in [4.78, 5) is 24.0.